The Balaban J connectivity index is 2.71. The highest BCUT2D eigenvalue weighted by Crippen LogP contribution is 2.46. The second-order valence-corrected chi connectivity index (χ2v) is 5.58. The number of nitrogens with zero attached hydrogens (tertiary/aromatic N) is 1. The Labute approximate surface area is 113 Å². The Kier molecular flexibility index (Phi) is 4.40. The van der Waals surface area contributed by atoms with Crippen LogP contribution in [0, 0.1) is 17.2 Å². The average Bonchev–Trinajstić information content (AvgIpc) is 2.90. The van der Waals surface area contributed by atoms with Crippen molar-refractivity contribution in [2.75, 3.05) is 6.61 Å². The molecule has 0 spiro atoms. The maximum atomic E-state index is 11.9. The van der Waals surface area contributed by atoms with Gasteiger partial charge in [-0.1, -0.05) is 0 Å². The van der Waals surface area contributed by atoms with Crippen LogP contribution in [0.2, 0.25) is 0 Å². The van der Waals surface area contributed by atoms with Gasteiger partial charge >= 0.3 is 12.1 Å². The van der Waals surface area contributed by atoms with Crippen LogP contribution in [0.15, 0.2) is 0 Å². The van der Waals surface area contributed by atoms with Gasteiger partial charge in [-0.15, -0.1) is 0 Å². The maximum absolute atomic E-state index is 11.9. The molecule has 1 N–H and O–H groups in total. The highest BCUT2D eigenvalue weighted by atomic mass is 16.6. The minimum Gasteiger partial charge on any atom is -0.464 e. The Morgan fingerprint density at radius 1 is 1.47 bits per heavy atom. The molecule has 0 saturated heterocycles. The molecule has 0 aromatic rings. The van der Waals surface area contributed by atoms with Crippen LogP contribution in [0.3, 0.4) is 0 Å². The van der Waals surface area contributed by atoms with Crippen molar-refractivity contribution < 1.29 is 19.1 Å². The normalized spacial score (nSPS) is 25.1. The SMILES string of the molecule is CCOC(=O)[C@@]1(NC(=O)OC(C)(C)C)C[C@H]1CC#N. The number of carbonyl (C=O) groups is 2. The van der Waals surface area contributed by atoms with Gasteiger partial charge in [-0.3, -0.25) is 0 Å². The van der Waals surface area contributed by atoms with E-state index in [9.17, 15) is 9.59 Å². The second kappa shape index (κ2) is 5.47. The molecule has 0 bridgehead atoms. The molecule has 1 aliphatic carbocycles. The van der Waals surface area contributed by atoms with Gasteiger partial charge in [0.05, 0.1) is 12.7 Å². The van der Waals surface area contributed by atoms with Crippen LogP contribution in [-0.2, 0) is 14.3 Å². The number of rotatable bonds is 4. The van der Waals surface area contributed by atoms with Gasteiger partial charge in [0, 0.05) is 12.3 Å². The van der Waals surface area contributed by atoms with E-state index in [0.717, 1.165) is 0 Å². The summed E-state index contributed by atoms with van der Waals surface area (Å²) in [5.74, 6) is -0.704. The molecule has 1 fully saturated rings. The summed E-state index contributed by atoms with van der Waals surface area (Å²) in [6, 6.07) is 2.00. The molecule has 0 aromatic heterocycles. The lowest BCUT2D eigenvalue weighted by atomic mass is 10.1. The zero-order valence-electron chi connectivity index (χ0n) is 11.8. The number of carbonyl (C=O) groups excluding carboxylic acids is 2. The van der Waals surface area contributed by atoms with Crippen LogP contribution < -0.4 is 5.32 Å². The van der Waals surface area contributed by atoms with Crippen molar-refractivity contribution in [3.05, 3.63) is 0 Å². The van der Waals surface area contributed by atoms with E-state index < -0.39 is 23.2 Å². The van der Waals surface area contributed by atoms with Crippen LogP contribution in [0.25, 0.3) is 0 Å². The number of alkyl carbamates (subject to hydrolysis) is 1. The number of nitrogens with one attached hydrogen (secondary N) is 1. The monoisotopic (exact) mass is 268 g/mol. The molecule has 6 heteroatoms. The summed E-state index contributed by atoms with van der Waals surface area (Å²) >= 11 is 0. The molecule has 1 saturated carbocycles. The third kappa shape index (κ3) is 3.85. The summed E-state index contributed by atoms with van der Waals surface area (Å²) in [5, 5.41) is 11.3. The van der Waals surface area contributed by atoms with E-state index in [-0.39, 0.29) is 18.9 Å². The van der Waals surface area contributed by atoms with E-state index >= 15 is 0 Å². The van der Waals surface area contributed by atoms with Gasteiger partial charge in [-0.05, 0) is 34.1 Å². The molecule has 1 amide bonds. The summed E-state index contributed by atoms with van der Waals surface area (Å²) in [4.78, 5) is 23.7. The quantitative estimate of drug-likeness (QED) is 0.785. The van der Waals surface area contributed by atoms with Gasteiger partial charge in [-0.2, -0.15) is 5.26 Å². The van der Waals surface area contributed by atoms with E-state index in [1.54, 1.807) is 27.7 Å². The Morgan fingerprint density at radius 3 is 2.58 bits per heavy atom. The molecular weight excluding hydrogens is 248 g/mol. The van der Waals surface area contributed by atoms with Gasteiger partial charge in [0.2, 0.25) is 0 Å². The molecule has 0 radical (unpaired) electrons. The third-order valence-electron chi connectivity index (χ3n) is 2.81. The first-order valence-corrected chi connectivity index (χ1v) is 6.30. The van der Waals surface area contributed by atoms with Gasteiger partial charge in [0.15, 0.2) is 0 Å². The fourth-order valence-electron chi connectivity index (χ4n) is 1.89. The maximum Gasteiger partial charge on any atom is 0.408 e. The topological polar surface area (TPSA) is 88.4 Å². The molecule has 106 valence electrons. The summed E-state index contributed by atoms with van der Waals surface area (Å²) in [7, 11) is 0. The van der Waals surface area contributed by atoms with Crippen LogP contribution in [0.4, 0.5) is 4.79 Å². The summed E-state index contributed by atoms with van der Waals surface area (Å²) in [5.41, 5.74) is -1.73. The molecule has 19 heavy (non-hydrogen) atoms. The lowest BCUT2D eigenvalue weighted by Crippen LogP contribution is -2.47. The summed E-state index contributed by atoms with van der Waals surface area (Å²) in [6.07, 6.45) is -0.0474. The highest BCUT2D eigenvalue weighted by molar-refractivity contribution is 5.89. The third-order valence-corrected chi connectivity index (χ3v) is 2.81. The first kappa shape index (κ1) is 15.3. The largest absolute Gasteiger partial charge is 0.464 e. The zero-order valence-corrected chi connectivity index (χ0v) is 11.8. The lowest BCUT2D eigenvalue weighted by Gasteiger charge is -2.23. The summed E-state index contributed by atoms with van der Waals surface area (Å²) in [6.45, 7) is 7.15. The highest BCUT2D eigenvalue weighted by Gasteiger charge is 2.62. The van der Waals surface area contributed by atoms with Crippen molar-refractivity contribution in [3.63, 3.8) is 0 Å². The van der Waals surface area contributed by atoms with Crippen LogP contribution in [0.5, 0.6) is 0 Å². The van der Waals surface area contributed by atoms with Crippen molar-refractivity contribution in [2.24, 2.45) is 5.92 Å². The first-order chi connectivity index (χ1) is 8.75. The number of ether oxygens (including phenoxy) is 2. The predicted molar refractivity (Wildman–Crippen MR) is 67.1 cm³/mol. The minimum atomic E-state index is -1.09. The average molecular weight is 268 g/mol. The lowest BCUT2D eigenvalue weighted by molar-refractivity contribution is -0.147. The van der Waals surface area contributed by atoms with E-state index in [1.165, 1.54) is 0 Å². The number of nitriles is 1. The van der Waals surface area contributed by atoms with Crippen LogP contribution >= 0.6 is 0 Å². The Bertz CT molecular complexity index is 408. The van der Waals surface area contributed by atoms with Crippen molar-refractivity contribution in [3.8, 4) is 6.07 Å². The van der Waals surface area contributed by atoms with Crippen molar-refractivity contribution in [1.82, 2.24) is 5.32 Å². The van der Waals surface area contributed by atoms with Gasteiger partial charge in [0.25, 0.3) is 0 Å². The van der Waals surface area contributed by atoms with Gasteiger partial charge < -0.3 is 14.8 Å². The Morgan fingerprint density at radius 2 is 2.11 bits per heavy atom. The van der Waals surface area contributed by atoms with Crippen LogP contribution in [-0.4, -0.2) is 29.8 Å². The minimum absolute atomic E-state index is 0.203. The van der Waals surface area contributed by atoms with Crippen LogP contribution in [0.1, 0.15) is 40.5 Å². The fraction of sp³-hybridized carbons (Fsp3) is 0.769. The molecule has 0 aromatic carbocycles. The number of amides is 1. The van der Waals surface area contributed by atoms with Gasteiger partial charge in [0.1, 0.15) is 11.1 Å². The number of esters is 1. The predicted octanol–water partition coefficient (Wildman–Crippen LogP) is 1.75. The molecule has 6 nitrogen and oxygen atoms in total. The second-order valence-electron chi connectivity index (χ2n) is 5.58. The molecule has 0 aliphatic heterocycles. The summed E-state index contributed by atoms with van der Waals surface area (Å²) < 4.78 is 10.1. The van der Waals surface area contributed by atoms with E-state index in [1.807, 2.05) is 6.07 Å². The zero-order chi connectivity index (χ0) is 14.7. The fourth-order valence-corrected chi connectivity index (χ4v) is 1.89. The molecule has 1 aliphatic rings. The van der Waals surface area contributed by atoms with E-state index in [4.69, 9.17) is 14.7 Å². The molecule has 0 heterocycles. The van der Waals surface area contributed by atoms with Crippen molar-refractivity contribution >= 4 is 12.1 Å². The molecule has 2 atom stereocenters. The Hall–Kier alpha value is -1.77. The smallest absolute Gasteiger partial charge is 0.408 e. The van der Waals surface area contributed by atoms with E-state index in [2.05, 4.69) is 5.32 Å². The van der Waals surface area contributed by atoms with E-state index in [0.29, 0.717) is 6.42 Å². The van der Waals surface area contributed by atoms with Crippen molar-refractivity contribution in [1.29, 1.82) is 5.26 Å². The number of hydrogen-bond acceptors (Lipinski definition) is 5. The standard InChI is InChI=1S/C13H20N2O4/c1-5-18-10(16)13(8-9(13)6-7-14)15-11(17)19-12(2,3)4/h9H,5-6,8H2,1-4H3,(H,15,17)/t9-,13-/m1/s1. The van der Waals surface area contributed by atoms with Crippen molar-refractivity contribution in [2.45, 2.75) is 51.7 Å². The molecular formula is C13H20N2O4. The molecule has 1 rings (SSSR count). The number of hydrogen-bond donors (Lipinski definition) is 1. The molecule has 0 unspecified atom stereocenters. The van der Waals surface area contributed by atoms with Gasteiger partial charge in [-0.25, -0.2) is 9.59 Å². The first-order valence-electron chi connectivity index (χ1n) is 6.30.